The molecule has 0 aliphatic carbocycles. The summed E-state index contributed by atoms with van der Waals surface area (Å²) in [5.41, 5.74) is 6.60. The lowest BCUT2D eigenvalue weighted by Gasteiger charge is -2.20. The highest BCUT2D eigenvalue weighted by Crippen LogP contribution is 2.31. The van der Waals surface area contributed by atoms with E-state index >= 15 is 0 Å². The van der Waals surface area contributed by atoms with E-state index in [1.54, 1.807) is 0 Å². The molecule has 3 aromatic rings. The van der Waals surface area contributed by atoms with E-state index < -0.39 is 0 Å². The zero-order valence-corrected chi connectivity index (χ0v) is 12.1. The van der Waals surface area contributed by atoms with Crippen molar-refractivity contribution in [3.63, 3.8) is 0 Å². The summed E-state index contributed by atoms with van der Waals surface area (Å²) in [6.07, 6.45) is 2.16. The summed E-state index contributed by atoms with van der Waals surface area (Å²) in [6.45, 7) is 3.07. The average molecular weight is 274 g/mol. The number of fused-ring (bicyclic) bond motifs is 3. The fourth-order valence-electron chi connectivity index (χ4n) is 3.24. The number of benzene rings is 2. The lowest BCUT2D eigenvalue weighted by atomic mass is 9.99. The number of nitrogens with one attached hydrogen (secondary N) is 1. The van der Waals surface area contributed by atoms with Crippen molar-refractivity contribution in [3.05, 3.63) is 89.2 Å². The minimum atomic E-state index is 0.230. The maximum absolute atomic E-state index is 3.72. The molecule has 2 aromatic carbocycles. The number of para-hydroxylation sites is 1. The second-order valence-electron chi connectivity index (χ2n) is 5.60. The molecule has 0 spiro atoms. The normalized spacial score (nSPS) is 16.9. The number of nitrogens with zero attached hydrogens (tertiary/aromatic N) is 1. The highest BCUT2D eigenvalue weighted by atomic mass is 15.1. The first-order valence-electron chi connectivity index (χ1n) is 7.39. The number of hydrogen-bond acceptors (Lipinski definition) is 1. The van der Waals surface area contributed by atoms with E-state index in [0.717, 1.165) is 6.54 Å². The summed E-state index contributed by atoms with van der Waals surface area (Å²) in [4.78, 5) is 0. The molecule has 104 valence electrons. The molecule has 21 heavy (non-hydrogen) atoms. The lowest BCUT2D eigenvalue weighted by molar-refractivity contribution is 0.598. The van der Waals surface area contributed by atoms with Crippen LogP contribution in [0.4, 0.5) is 0 Å². The highest BCUT2D eigenvalue weighted by molar-refractivity contribution is 5.47. The van der Waals surface area contributed by atoms with Gasteiger partial charge in [0.25, 0.3) is 0 Å². The summed E-state index contributed by atoms with van der Waals surface area (Å²) in [7, 11) is 0. The van der Waals surface area contributed by atoms with Crippen LogP contribution in [0.2, 0.25) is 0 Å². The van der Waals surface area contributed by atoms with Gasteiger partial charge in [-0.1, -0.05) is 42.5 Å². The molecule has 2 nitrogen and oxygen atoms in total. The van der Waals surface area contributed by atoms with Gasteiger partial charge in [-0.2, -0.15) is 0 Å². The first-order valence-corrected chi connectivity index (χ1v) is 7.39. The molecule has 1 aliphatic heterocycles. The van der Waals surface area contributed by atoms with Crippen molar-refractivity contribution in [1.82, 2.24) is 9.88 Å². The second-order valence-corrected chi connectivity index (χ2v) is 5.60. The van der Waals surface area contributed by atoms with E-state index in [-0.39, 0.29) is 6.04 Å². The maximum Gasteiger partial charge on any atom is 0.0740 e. The quantitative estimate of drug-likeness (QED) is 0.710. The SMILES string of the molecule is Cc1ccccc1C1NCc2ccccc2-n2cccc21. The van der Waals surface area contributed by atoms with Gasteiger partial charge in [0, 0.05) is 24.1 Å². The molecule has 0 saturated carbocycles. The van der Waals surface area contributed by atoms with Crippen molar-refractivity contribution in [2.24, 2.45) is 0 Å². The fraction of sp³-hybridized carbons (Fsp3) is 0.158. The Hall–Kier alpha value is -2.32. The number of aromatic nitrogens is 1. The first-order chi connectivity index (χ1) is 10.3. The standard InChI is InChI=1S/C19H18N2/c1-14-7-2-4-9-16(14)19-18-11-6-12-21(18)17-10-5-3-8-15(17)13-20-19/h2-12,19-20H,13H2,1H3. The van der Waals surface area contributed by atoms with Gasteiger partial charge in [-0.05, 0) is 41.8 Å². The first kappa shape index (κ1) is 12.4. The Morgan fingerprint density at radius 2 is 1.76 bits per heavy atom. The summed E-state index contributed by atoms with van der Waals surface area (Å²) in [5.74, 6) is 0. The van der Waals surface area contributed by atoms with Crippen LogP contribution in [0.15, 0.2) is 66.9 Å². The third-order valence-corrected chi connectivity index (χ3v) is 4.32. The summed E-state index contributed by atoms with van der Waals surface area (Å²) in [6, 6.07) is 21.8. The molecule has 1 unspecified atom stereocenters. The Kier molecular flexibility index (Phi) is 2.90. The van der Waals surface area contributed by atoms with Gasteiger partial charge in [0.15, 0.2) is 0 Å². The molecule has 2 heterocycles. The van der Waals surface area contributed by atoms with Crippen LogP contribution in [0.5, 0.6) is 0 Å². The van der Waals surface area contributed by atoms with Crippen LogP contribution in [0.1, 0.15) is 28.4 Å². The van der Waals surface area contributed by atoms with Crippen molar-refractivity contribution in [1.29, 1.82) is 0 Å². The Balaban J connectivity index is 1.90. The van der Waals surface area contributed by atoms with Crippen LogP contribution in [0, 0.1) is 6.92 Å². The third-order valence-electron chi connectivity index (χ3n) is 4.32. The van der Waals surface area contributed by atoms with Crippen molar-refractivity contribution in [2.75, 3.05) is 0 Å². The monoisotopic (exact) mass is 274 g/mol. The average Bonchev–Trinajstić information content (AvgIpc) is 2.93. The summed E-state index contributed by atoms with van der Waals surface area (Å²) >= 11 is 0. The predicted octanol–water partition coefficient (Wildman–Crippen LogP) is 3.98. The molecule has 1 atom stereocenters. The smallest absolute Gasteiger partial charge is 0.0740 e. The molecule has 0 saturated heterocycles. The van der Waals surface area contributed by atoms with E-state index in [1.807, 2.05) is 0 Å². The van der Waals surface area contributed by atoms with Gasteiger partial charge in [-0.15, -0.1) is 0 Å². The molecule has 1 aliphatic rings. The largest absolute Gasteiger partial charge is 0.319 e. The molecule has 1 aromatic heterocycles. The van der Waals surface area contributed by atoms with Crippen molar-refractivity contribution < 1.29 is 0 Å². The minimum Gasteiger partial charge on any atom is -0.319 e. The maximum atomic E-state index is 3.72. The number of aryl methyl sites for hydroxylation is 1. The van der Waals surface area contributed by atoms with E-state index in [4.69, 9.17) is 0 Å². The van der Waals surface area contributed by atoms with Gasteiger partial charge >= 0.3 is 0 Å². The minimum absolute atomic E-state index is 0.230. The Morgan fingerprint density at radius 3 is 2.67 bits per heavy atom. The van der Waals surface area contributed by atoms with Crippen LogP contribution in [0.3, 0.4) is 0 Å². The van der Waals surface area contributed by atoms with E-state index in [9.17, 15) is 0 Å². The van der Waals surface area contributed by atoms with Crippen molar-refractivity contribution >= 4 is 0 Å². The van der Waals surface area contributed by atoms with E-state index in [0.29, 0.717) is 0 Å². The second kappa shape index (κ2) is 4.90. The Labute approximate surface area is 125 Å². The summed E-state index contributed by atoms with van der Waals surface area (Å²) < 4.78 is 2.31. The third kappa shape index (κ3) is 1.99. The van der Waals surface area contributed by atoms with Gasteiger partial charge in [0.05, 0.1) is 6.04 Å². The van der Waals surface area contributed by atoms with E-state index in [2.05, 4.69) is 83.7 Å². The molecule has 2 heteroatoms. The highest BCUT2D eigenvalue weighted by Gasteiger charge is 2.23. The Morgan fingerprint density at radius 1 is 0.952 bits per heavy atom. The van der Waals surface area contributed by atoms with Crippen molar-refractivity contribution in [2.45, 2.75) is 19.5 Å². The Bertz CT molecular complexity index is 786. The zero-order chi connectivity index (χ0) is 14.2. The van der Waals surface area contributed by atoms with E-state index in [1.165, 1.54) is 28.1 Å². The van der Waals surface area contributed by atoms with Crippen LogP contribution in [-0.2, 0) is 6.54 Å². The van der Waals surface area contributed by atoms with Crippen molar-refractivity contribution in [3.8, 4) is 5.69 Å². The molecular formula is C19H18N2. The summed E-state index contributed by atoms with van der Waals surface area (Å²) in [5, 5.41) is 3.72. The van der Waals surface area contributed by atoms with Gasteiger partial charge in [0.1, 0.15) is 0 Å². The molecule has 4 rings (SSSR count). The number of hydrogen-bond donors (Lipinski definition) is 1. The van der Waals surface area contributed by atoms with Crippen LogP contribution >= 0.6 is 0 Å². The van der Waals surface area contributed by atoms with Crippen LogP contribution in [0.25, 0.3) is 5.69 Å². The molecule has 0 bridgehead atoms. The van der Waals surface area contributed by atoms with Crippen LogP contribution < -0.4 is 5.32 Å². The van der Waals surface area contributed by atoms with Gasteiger partial charge in [0.2, 0.25) is 0 Å². The zero-order valence-electron chi connectivity index (χ0n) is 12.1. The lowest BCUT2D eigenvalue weighted by Crippen LogP contribution is -2.22. The fourth-order valence-corrected chi connectivity index (χ4v) is 3.24. The molecule has 0 radical (unpaired) electrons. The van der Waals surface area contributed by atoms with Gasteiger partial charge in [-0.3, -0.25) is 0 Å². The van der Waals surface area contributed by atoms with Crippen LogP contribution in [-0.4, -0.2) is 4.57 Å². The molecule has 0 fully saturated rings. The molecular weight excluding hydrogens is 256 g/mol. The topological polar surface area (TPSA) is 17.0 Å². The molecule has 1 N–H and O–H groups in total. The predicted molar refractivity (Wildman–Crippen MR) is 85.6 cm³/mol. The van der Waals surface area contributed by atoms with Gasteiger partial charge < -0.3 is 9.88 Å². The van der Waals surface area contributed by atoms with Gasteiger partial charge in [-0.25, -0.2) is 0 Å². The number of rotatable bonds is 1. The molecule has 0 amide bonds.